The lowest BCUT2D eigenvalue weighted by Gasteiger charge is -2.39. The molecule has 1 saturated carbocycles. The topological polar surface area (TPSA) is 41.6 Å². The molecule has 5 heteroatoms. The summed E-state index contributed by atoms with van der Waals surface area (Å²) in [6.07, 6.45) is 7.32. The number of nitrogens with one attached hydrogen (secondary N) is 1. The number of rotatable bonds is 6. The molecule has 134 valence electrons. The Bertz CT molecular complexity index is 552. The van der Waals surface area contributed by atoms with E-state index in [9.17, 15) is 4.79 Å². The zero-order chi connectivity index (χ0) is 17.6. The van der Waals surface area contributed by atoms with Crippen molar-refractivity contribution in [3.05, 3.63) is 28.8 Å². The van der Waals surface area contributed by atoms with Crippen LogP contribution >= 0.6 is 11.6 Å². The van der Waals surface area contributed by atoms with E-state index in [4.69, 9.17) is 16.3 Å². The highest BCUT2D eigenvalue weighted by molar-refractivity contribution is 6.31. The molecule has 1 N–H and O–H groups in total. The van der Waals surface area contributed by atoms with Gasteiger partial charge in [0.1, 0.15) is 5.75 Å². The molecule has 1 fully saturated rings. The third-order valence-corrected chi connectivity index (χ3v) is 5.52. The Labute approximate surface area is 150 Å². The molecule has 1 amide bonds. The molecule has 0 spiro atoms. The van der Waals surface area contributed by atoms with Crippen LogP contribution in [-0.2, 0) is 4.79 Å². The number of nitrogens with zero attached hydrogens (tertiary/aromatic N) is 1. The van der Waals surface area contributed by atoms with Gasteiger partial charge in [0.2, 0.25) is 0 Å². The molecule has 0 bridgehead atoms. The van der Waals surface area contributed by atoms with Crippen LogP contribution in [0.1, 0.15) is 44.1 Å². The number of ether oxygens (including phenoxy) is 1. The van der Waals surface area contributed by atoms with E-state index in [1.54, 1.807) is 12.1 Å². The SMILES string of the molecule is Cc1cc(OCC(=O)NCC2(N(C)C)CCCCCC2)ccc1Cl. The monoisotopic (exact) mass is 352 g/mol. The lowest BCUT2D eigenvalue weighted by atomic mass is 9.88. The van der Waals surface area contributed by atoms with Gasteiger partial charge in [-0.3, -0.25) is 4.79 Å². The number of hydrogen-bond acceptors (Lipinski definition) is 3. The Morgan fingerprint density at radius 2 is 1.92 bits per heavy atom. The van der Waals surface area contributed by atoms with Gasteiger partial charge in [0.05, 0.1) is 0 Å². The van der Waals surface area contributed by atoms with Gasteiger partial charge in [-0.05, 0) is 57.6 Å². The number of likely N-dealkylation sites (N-methyl/N-ethyl adjacent to an activating group) is 1. The van der Waals surface area contributed by atoms with Crippen molar-refractivity contribution >= 4 is 17.5 Å². The highest BCUT2D eigenvalue weighted by Crippen LogP contribution is 2.30. The molecule has 4 nitrogen and oxygen atoms in total. The summed E-state index contributed by atoms with van der Waals surface area (Å²) in [4.78, 5) is 14.5. The van der Waals surface area contributed by atoms with E-state index in [-0.39, 0.29) is 18.1 Å². The Hall–Kier alpha value is -1.26. The molecule has 0 radical (unpaired) electrons. The van der Waals surface area contributed by atoms with Gasteiger partial charge in [-0.2, -0.15) is 0 Å². The maximum absolute atomic E-state index is 12.2. The lowest BCUT2D eigenvalue weighted by Crippen LogP contribution is -2.53. The van der Waals surface area contributed by atoms with Gasteiger partial charge in [0.15, 0.2) is 6.61 Å². The molecule has 0 unspecified atom stereocenters. The van der Waals surface area contributed by atoms with Crippen molar-refractivity contribution in [3.63, 3.8) is 0 Å². The summed E-state index contributed by atoms with van der Waals surface area (Å²) >= 11 is 6.00. The molecule has 0 atom stereocenters. The van der Waals surface area contributed by atoms with Crippen LogP contribution in [0.3, 0.4) is 0 Å². The Kier molecular flexibility index (Phi) is 6.93. The second-order valence-corrected chi connectivity index (χ2v) is 7.42. The summed E-state index contributed by atoms with van der Waals surface area (Å²) < 4.78 is 5.58. The van der Waals surface area contributed by atoms with Crippen LogP contribution in [0.4, 0.5) is 0 Å². The van der Waals surface area contributed by atoms with Gasteiger partial charge >= 0.3 is 0 Å². The number of hydrogen-bond donors (Lipinski definition) is 1. The molecule has 0 aromatic heterocycles. The summed E-state index contributed by atoms with van der Waals surface area (Å²) in [5, 5.41) is 3.77. The van der Waals surface area contributed by atoms with E-state index in [1.165, 1.54) is 25.7 Å². The van der Waals surface area contributed by atoms with Crippen LogP contribution in [0.5, 0.6) is 5.75 Å². The van der Waals surface area contributed by atoms with Crippen molar-refractivity contribution in [3.8, 4) is 5.75 Å². The highest BCUT2D eigenvalue weighted by Gasteiger charge is 2.33. The molecule has 0 heterocycles. The number of carbonyl (C=O) groups is 1. The standard InChI is InChI=1S/C19H29ClN2O2/c1-15-12-16(8-9-17(15)20)24-13-18(23)21-14-19(22(2)3)10-6-4-5-7-11-19/h8-9,12H,4-7,10-11,13-14H2,1-3H3,(H,21,23). The predicted octanol–water partition coefficient (Wildman–Crippen LogP) is 3.80. The van der Waals surface area contributed by atoms with Gasteiger partial charge in [-0.1, -0.05) is 37.3 Å². The molecule has 0 saturated heterocycles. The lowest BCUT2D eigenvalue weighted by molar-refractivity contribution is -0.123. The Morgan fingerprint density at radius 3 is 2.50 bits per heavy atom. The molecular weight excluding hydrogens is 324 g/mol. The highest BCUT2D eigenvalue weighted by atomic mass is 35.5. The van der Waals surface area contributed by atoms with Crippen molar-refractivity contribution in [2.24, 2.45) is 0 Å². The Balaban J connectivity index is 1.85. The van der Waals surface area contributed by atoms with Crippen molar-refractivity contribution < 1.29 is 9.53 Å². The summed E-state index contributed by atoms with van der Waals surface area (Å²) in [6.45, 7) is 2.63. The van der Waals surface area contributed by atoms with E-state index < -0.39 is 0 Å². The van der Waals surface area contributed by atoms with Crippen molar-refractivity contribution in [1.82, 2.24) is 10.2 Å². The molecule has 24 heavy (non-hydrogen) atoms. The average molecular weight is 353 g/mol. The summed E-state index contributed by atoms with van der Waals surface area (Å²) in [5.74, 6) is 0.594. The minimum Gasteiger partial charge on any atom is -0.484 e. The largest absolute Gasteiger partial charge is 0.484 e. The number of halogens is 1. The van der Waals surface area contributed by atoms with Crippen molar-refractivity contribution in [2.45, 2.75) is 51.0 Å². The minimum absolute atomic E-state index is 0.0323. The smallest absolute Gasteiger partial charge is 0.258 e. The van der Waals surface area contributed by atoms with Gasteiger partial charge in [0, 0.05) is 17.1 Å². The normalized spacial score (nSPS) is 17.4. The third kappa shape index (κ3) is 5.12. The number of carbonyl (C=O) groups excluding carboxylic acids is 1. The molecule has 1 aromatic carbocycles. The first-order valence-corrected chi connectivity index (χ1v) is 9.14. The van der Waals surface area contributed by atoms with Crippen molar-refractivity contribution in [2.75, 3.05) is 27.2 Å². The van der Waals surface area contributed by atoms with Crippen LogP contribution in [0, 0.1) is 6.92 Å². The van der Waals surface area contributed by atoms with E-state index in [0.717, 1.165) is 18.4 Å². The second kappa shape index (κ2) is 8.72. The first-order chi connectivity index (χ1) is 11.4. The number of benzene rings is 1. The van der Waals surface area contributed by atoms with Gasteiger partial charge < -0.3 is 15.0 Å². The minimum atomic E-state index is -0.0759. The first kappa shape index (κ1) is 19.1. The fraction of sp³-hybridized carbons (Fsp3) is 0.632. The van der Waals surface area contributed by atoms with Crippen LogP contribution in [0.25, 0.3) is 0 Å². The molecule has 1 aliphatic rings. The molecule has 1 aliphatic carbocycles. The van der Waals surface area contributed by atoms with E-state index in [2.05, 4.69) is 24.3 Å². The fourth-order valence-corrected chi connectivity index (χ4v) is 3.46. The molecule has 1 aromatic rings. The molecule has 2 rings (SSSR count). The average Bonchev–Trinajstić information content (AvgIpc) is 2.80. The summed E-state index contributed by atoms with van der Waals surface area (Å²) in [7, 11) is 4.23. The fourth-order valence-electron chi connectivity index (χ4n) is 3.34. The van der Waals surface area contributed by atoms with E-state index >= 15 is 0 Å². The van der Waals surface area contributed by atoms with Crippen LogP contribution in [0.2, 0.25) is 5.02 Å². The van der Waals surface area contributed by atoms with Gasteiger partial charge in [-0.25, -0.2) is 0 Å². The summed E-state index contributed by atoms with van der Waals surface area (Å²) in [6, 6.07) is 5.42. The van der Waals surface area contributed by atoms with Gasteiger partial charge in [0.25, 0.3) is 5.91 Å². The van der Waals surface area contributed by atoms with Crippen LogP contribution < -0.4 is 10.1 Å². The quantitative estimate of drug-likeness (QED) is 0.792. The molecular formula is C19H29ClN2O2. The second-order valence-electron chi connectivity index (χ2n) is 7.01. The number of amides is 1. The summed E-state index contributed by atoms with van der Waals surface area (Å²) in [5.41, 5.74) is 1.02. The Morgan fingerprint density at radius 1 is 1.25 bits per heavy atom. The third-order valence-electron chi connectivity index (χ3n) is 5.10. The zero-order valence-electron chi connectivity index (χ0n) is 15.0. The van der Waals surface area contributed by atoms with Crippen LogP contribution in [-0.4, -0.2) is 43.6 Å². The maximum atomic E-state index is 12.2. The maximum Gasteiger partial charge on any atom is 0.258 e. The van der Waals surface area contributed by atoms with E-state index in [0.29, 0.717) is 17.3 Å². The first-order valence-electron chi connectivity index (χ1n) is 8.76. The number of aryl methyl sites for hydroxylation is 1. The predicted molar refractivity (Wildman–Crippen MR) is 98.8 cm³/mol. The van der Waals surface area contributed by atoms with Crippen LogP contribution in [0.15, 0.2) is 18.2 Å². The molecule has 0 aliphatic heterocycles. The van der Waals surface area contributed by atoms with Gasteiger partial charge in [-0.15, -0.1) is 0 Å². The zero-order valence-corrected chi connectivity index (χ0v) is 15.8. The van der Waals surface area contributed by atoms with E-state index in [1.807, 2.05) is 13.0 Å². The van der Waals surface area contributed by atoms with Crippen molar-refractivity contribution in [1.29, 1.82) is 0 Å².